The van der Waals surface area contributed by atoms with E-state index in [1.54, 1.807) is 6.92 Å². The van der Waals surface area contributed by atoms with Crippen LogP contribution in [0.5, 0.6) is 0 Å². The Labute approximate surface area is 153 Å². The number of imidazole rings is 1. The molecule has 0 aliphatic heterocycles. The van der Waals surface area contributed by atoms with E-state index in [0.717, 1.165) is 0 Å². The van der Waals surface area contributed by atoms with Crippen molar-refractivity contribution >= 4 is 7.82 Å². The minimum Gasteiger partial charge on any atom is -0.756 e. The molecule has 0 bridgehead atoms. The van der Waals surface area contributed by atoms with Crippen molar-refractivity contribution in [2.45, 2.75) is 84.6 Å². The van der Waals surface area contributed by atoms with E-state index in [2.05, 4.69) is 46.4 Å². The van der Waals surface area contributed by atoms with E-state index in [4.69, 9.17) is 4.89 Å². The Morgan fingerprint density at radius 1 is 1.04 bits per heavy atom. The predicted octanol–water partition coefficient (Wildman–Crippen LogP) is 3.72. The third-order valence-electron chi connectivity index (χ3n) is 3.80. The lowest BCUT2D eigenvalue weighted by molar-refractivity contribution is -0.696. The molecule has 1 N–H and O–H groups in total. The van der Waals surface area contributed by atoms with Crippen molar-refractivity contribution in [1.82, 2.24) is 4.57 Å². The van der Waals surface area contributed by atoms with E-state index in [1.165, 1.54) is 64.3 Å². The van der Waals surface area contributed by atoms with Crippen LogP contribution in [-0.4, -0.2) is 16.1 Å². The Morgan fingerprint density at radius 2 is 1.60 bits per heavy atom. The van der Waals surface area contributed by atoms with Gasteiger partial charge in [0.15, 0.2) is 0 Å². The molecule has 0 spiro atoms. The summed E-state index contributed by atoms with van der Waals surface area (Å²) in [6.07, 6.45) is 19.7. The Bertz CT molecular complexity index is 460. The van der Waals surface area contributed by atoms with Crippen molar-refractivity contribution < 1.29 is 23.4 Å². The summed E-state index contributed by atoms with van der Waals surface area (Å²) in [5, 5.41) is 0. The Morgan fingerprint density at radius 3 is 2.00 bits per heavy atom. The van der Waals surface area contributed by atoms with E-state index in [-0.39, 0.29) is 6.61 Å². The lowest BCUT2D eigenvalue weighted by Crippen LogP contribution is -2.30. The van der Waals surface area contributed by atoms with Crippen LogP contribution in [0, 0.1) is 0 Å². The van der Waals surface area contributed by atoms with Crippen LogP contribution >= 0.6 is 7.82 Å². The summed E-state index contributed by atoms with van der Waals surface area (Å²) < 4.78 is 18.1. The smallest absolute Gasteiger partial charge is 0.265 e. The van der Waals surface area contributed by atoms with Gasteiger partial charge in [-0.25, -0.2) is 9.13 Å². The molecule has 0 amide bonds. The average Bonchev–Trinajstić information content (AvgIpc) is 2.97. The lowest BCUT2D eigenvalue weighted by Gasteiger charge is -2.13. The third kappa shape index (κ3) is 17.9. The molecule has 1 rings (SSSR count). The van der Waals surface area contributed by atoms with Crippen LogP contribution in [-0.2, 0) is 22.7 Å². The minimum absolute atomic E-state index is 0.0529. The van der Waals surface area contributed by atoms with Gasteiger partial charge in [0.1, 0.15) is 12.4 Å². The average molecular weight is 376 g/mol. The molecule has 25 heavy (non-hydrogen) atoms. The first-order valence-corrected chi connectivity index (χ1v) is 11.1. The van der Waals surface area contributed by atoms with Crippen LogP contribution < -0.4 is 9.46 Å². The van der Waals surface area contributed by atoms with Crippen LogP contribution in [0.1, 0.15) is 78.1 Å². The molecule has 0 radical (unpaired) electrons. The zero-order valence-corrected chi connectivity index (χ0v) is 17.1. The summed E-state index contributed by atoms with van der Waals surface area (Å²) in [5.74, 6) is 0. The molecule has 0 aromatic carbocycles. The second-order valence-corrected chi connectivity index (χ2v) is 7.64. The van der Waals surface area contributed by atoms with Gasteiger partial charge in [0.25, 0.3) is 7.82 Å². The van der Waals surface area contributed by atoms with Gasteiger partial charge in [-0.1, -0.05) is 58.8 Å². The van der Waals surface area contributed by atoms with Gasteiger partial charge in [-0.3, -0.25) is 4.57 Å². The van der Waals surface area contributed by atoms with Gasteiger partial charge in [-0.2, -0.15) is 0 Å². The SMILES string of the molecule is CCCCCCCCCCC[n+]1ccn(C)c1.CCCOP(=O)([O-])O. The van der Waals surface area contributed by atoms with E-state index in [9.17, 15) is 9.46 Å². The van der Waals surface area contributed by atoms with Crippen molar-refractivity contribution in [2.75, 3.05) is 6.61 Å². The fraction of sp³-hybridized carbons (Fsp3) is 0.833. The molecule has 148 valence electrons. The Kier molecular flexibility index (Phi) is 15.1. The van der Waals surface area contributed by atoms with Gasteiger partial charge in [0.05, 0.1) is 20.2 Å². The van der Waals surface area contributed by atoms with E-state index < -0.39 is 7.82 Å². The molecular weight excluding hydrogens is 339 g/mol. The highest BCUT2D eigenvalue weighted by molar-refractivity contribution is 7.44. The number of aromatic nitrogens is 2. The van der Waals surface area contributed by atoms with Gasteiger partial charge >= 0.3 is 0 Å². The minimum atomic E-state index is -4.43. The molecule has 7 heteroatoms. The molecule has 0 aliphatic carbocycles. The number of phosphoric ester groups is 1. The van der Waals surface area contributed by atoms with E-state index >= 15 is 0 Å². The lowest BCUT2D eigenvalue weighted by atomic mass is 10.1. The highest BCUT2D eigenvalue weighted by Crippen LogP contribution is 2.29. The third-order valence-corrected chi connectivity index (χ3v) is 4.31. The maximum atomic E-state index is 9.75. The molecule has 6 nitrogen and oxygen atoms in total. The van der Waals surface area contributed by atoms with Crippen LogP contribution in [0.25, 0.3) is 0 Å². The second-order valence-electron chi connectivity index (χ2n) is 6.45. The van der Waals surface area contributed by atoms with Gasteiger partial charge in [0, 0.05) is 0 Å². The summed E-state index contributed by atoms with van der Waals surface area (Å²) in [6, 6.07) is 0. The monoisotopic (exact) mass is 376 g/mol. The molecule has 0 saturated carbocycles. The van der Waals surface area contributed by atoms with Gasteiger partial charge < -0.3 is 14.3 Å². The zero-order chi connectivity index (χ0) is 19.0. The molecule has 1 heterocycles. The summed E-state index contributed by atoms with van der Waals surface area (Å²) in [5.41, 5.74) is 0. The van der Waals surface area contributed by atoms with Crippen molar-refractivity contribution in [2.24, 2.45) is 7.05 Å². The molecule has 0 aliphatic rings. The second kappa shape index (κ2) is 15.6. The van der Waals surface area contributed by atoms with E-state index in [1.807, 2.05) is 0 Å². The number of nitrogens with zero attached hydrogens (tertiary/aromatic N) is 2. The first-order chi connectivity index (χ1) is 11.9. The molecule has 1 aromatic rings. The van der Waals surface area contributed by atoms with Crippen molar-refractivity contribution in [1.29, 1.82) is 0 Å². The van der Waals surface area contributed by atoms with Crippen LogP contribution in [0.4, 0.5) is 0 Å². The van der Waals surface area contributed by atoms with Crippen molar-refractivity contribution in [3.63, 3.8) is 0 Å². The fourth-order valence-corrected chi connectivity index (χ4v) is 2.86. The van der Waals surface area contributed by atoms with Crippen LogP contribution in [0.2, 0.25) is 0 Å². The number of phosphoric acid groups is 1. The molecular formula is C18H37N2O4P. The standard InChI is InChI=1S/C15H29N2.C3H9O4P/c1-3-4-5-6-7-8-9-10-11-12-17-14-13-16(2)15-17;1-2-3-7-8(4,5)6/h13-15H,3-12H2,1-2H3;2-3H2,1H3,(H2,4,5,6)/q+1;/p-1. The predicted molar refractivity (Wildman–Crippen MR) is 98.9 cm³/mol. The maximum Gasteiger partial charge on any atom is 0.265 e. The molecule has 0 fully saturated rings. The van der Waals surface area contributed by atoms with Gasteiger partial charge in [-0.15, -0.1) is 0 Å². The number of hydrogen-bond donors (Lipinski definition) is 1. The highest BCUT2D eigenvalue weighted by Gasteiger charge is 1.99. The summed E-state index contributed by atoms with van der Waals surface area (Å²) in [7, 11) is -2.36. The molecule has 1 atom stereocenters. The topological polar surface area (TPSA) is 78.4 Å². The Balaban J connectivity index is 0.000000609. The number of unbranched alkanes of at least 4 members (excludes halogenated alkanes) is 8. The first kappa shape index (κ1) is 24.3. The fourth-order valence-electron chi connectivity index (χ4n) is 2.45. The Hall–Kier alpha value is -0.680. The first-order valence-electron chi connectivity index (χ1n) is 9.58. The molecule has 0 saturated heterocycles. The maximum absolute atomic E-state index is 9.75. The van der Waals surface area contributed by atoms with Gasteiger partial charge in [-0.05, 0) is 19.3 Å². The number of hydrogen-bond acceptors (Lipinski definition) is 3. The number of aryl methyl sites for hydroxylation is 2. The quantitative estimate of drug-likeness (QED) is 0.323. The normalized spacial score (nSPS) is 13.2. The van der Waals surface area contributed by atoms with Crippen molar-refractivity contribution in [3.05, 3.63) is 18.7 Å². The van der Waals surface area contributed by atoms with Crippen LogP contribution in [0.15, 0.2) is 18.7 Å². The summed E-state index contributed by atoms with van der Waals surface area (Å²) in [4.78, 5) is 17.7. The molecule has 1 aromatic heterocycles. The highest BCUT2D eigenvalue weighted by atomic mass is 31.2. The van der Waals surface area contributed by atoms with Crippen LogP contribution in [0.3, 0.4) is 0 Å². The van der Waals surface area contributed by atoms with Crippen molar-refractivity contribution in [3.8, 4) is 0 Å². The number of rotatable bonds is 13. The summed E-state index contributed by atoms with van der Waals surface area (Å²) >= 11 is 0. The molecule has 1 unspecified atom stereocenters. The largest absolute Gasteiger partial charge is 0.756 e. The summed E-state index contributed by atoms with van der Waals surface area (Å²) in [6.45, 7) is 5.25. The van der Waals surface area contributed by atoms with Gasteiger partial charge in [0.2, 0.25) is 6.33 Å². The van der Waals surface area contributed by atoms with E-state index in [0.29, 0.717) is 6.42 Å². The zero-order valence-electron chi connectivity index (χ0n) is 16.2.